The number of Topliss-reactive ketones (excluding diaryl/α,β-unsaturated/α-hetero) is 1. The molecular formula is C20H24N2O2. The number of fused-ring (bicyclic) bond motifs is 3. The lowest BCUT2D eigenvalue weighted by Gasteiger charge is -2.28. The highest BCUT2D eigenvalue weighted by Gasteiger charge is 2.42. The average molecular weight is 324 g/mol. The molecule has 1 aromatic heterocycles. The first-order chi connectivity index (χ1) is 11.5. The quantitative estimate of drug-likeness (QED) is 0.667. The second-order valence-corrected chi connectivity index (χ2v) is 7.60. The SMILES string of the molecule is Cc1[nH]c2ccccc2c1C(=O)C(=O)NC(C)C1CC2CCC1C2. The lowest BCUT2D eigenvalue weighted by molar-refractivity contribution is -0.118. The standard InChI is InChI=1S/C20H24N2O2/c1-11(16-10-13-7-8-14(16)9-13)22-20(24)19(23)18-12(2)21-17-6-4-3-5-15(17)18/h3-6,11,13-14,16,21H,7-10H2,1-2H3,(H,22,24). The van der Waals surface area contributed by atoms with Gasteiger partial charge in [-0.15, -0.1) is 0 Å². The molecular weight excluding hydrogens is 300 g/mol. The van der Waals surface area contributed by atoms with Gasteiger partial charge in [0, 0.05) is 22.6 Å². The first kappa shape index (κ1) is 15.4. The van der Waals surface area contributed by atoms with Crippen LogP contribution in [0, 0.1) is 24.7 Å². The normalized spacial score (nSPS) is 26.7. The number of amides is 1. The zero-order valence-corrected chi connectivity index (χ0v) is 14.3. The third-order valence-electron chi connectivity index (χ3n) is 6.12. The number of hydrogen-bond acceptors (Lipinski definition) is 2. The molecule has 2 saturated carbocycles. The number of carbonyl (C=O) groups is 2. The van der Waals surface area contributed by atoms with Crippen molar-refractivity contribution in [2.45, 2.75) is 45.6 Å². The highest BCUT2D eigenvalue weighted by molar-refractivity contribution is 6.45. The molecule has 0 spiro atoms. The Balaban J connectivity index is 1.51. The van der Waals surface area contributed by atoms with Crippen LogP contribution in [0.25, 0.3) is 10.9 Å². The maximum Gasteiger partial charge on any atom is 0.292 e. The third kappa shape index (κ3) is 2.45. The fraction of sp³-hybridized carbons (Fsp3) is 0.500. The van der Waals surface area contributed by atoms with Crippen molar-refractivity contribution in [1.82, 2.24) is 10.3 Å². The van der Waals surface area contributed by atoms with E-state index in [4.69, 9.17) is 0 Å². The van der Waals surface area contributed by atoms with Crippen molar-refractivity contribution in [2.75, 3.05) is 0 Å². The molecule has 4 rings (SSSR count). The Kier molecular flexibility index (Phi) is 3.70. The van der Waals surface area contributed by atoms with Gasteiger partial charge in [0.25, 0.3) is 11.7 Å². The minimum Gasteiger partial charge on any atom is -0.358 e. The van der Waals surface area contributed by atoms with Crippen molar-refractivity contribution >= 4 is 22.6 Å². The van der Waals surface area contributed by atoms with E-state index in [0.717, 1.165) is 28.4 Å². The average Bonchev–Trinajstić information content (AvgIpc) is 3.26. The molecule has 126 valence electrons. The van der Waals surface area contributed by atoms with E-state index in [1.165, 1.54) is 25.7 Å². The summed E-state index contributed by atoms with van der Waals surface area (Å²) in [6.45, 7) is 3.90. The summed E-state index contributed by atoms with van der Waals surface area (Å²) in [7, 11) is 0. The molecule has 2 fully saturated rings. The molecule has 0 radical (unpaired) electrons. The molecule has 2 N–H and O–H groups in total. The van der Waals surface area contributed by atoms with Crippen LogP contribution in [-0.4, -0.2) is 22.7 Å². The predicted octanol–water partition coefficient (Wildman–Crippen LogP) is 3.60. The van der Waals surface area contributed by atoms with E-state index < -0.39 is 11.7 Å². The molecule has 4 heteroatoms. The summed E-state index contributed by atoms with van der Waals surface area (Å²) >= 11 is 0. The molecule has 1 heterocycles. The number of ketones is 1. The number of H-pyrrole nitrogens is 1. The van der Waals surface area contributed by atoms with Gasteiger partial charge >= 0.3 is 0 Å². The first-order valence-electron chi connectivity index (χ1n) is 8.97. The number of benzene rings is 1. The lowest BCUT2D eigenvalue weighted by Crippen LogP contribution is -2.43. The van der Waals surface area contributed by atoms with Crippen LogP contribution in [0.1, 0.15) is 48.7 Å². The molecule has 4 unspecified atom stereocenters. The molecule has 1 amide bonds. The molecule has 2 aliphatic carbocycles. The van der Waals surface area contributed by atoms with E-state index in [1.807, 2.05) is 31.2 Å². The number of aromatic nitrogens is 1. The Hall–Kier alpha value is -2.10. The second kappa shape index (κ2) is 5.76. The summed E-state index contributed by atoms with van der Waals surface area (Å²) in [4.78, 5) is 28.4. The Morgan fingerprint density at radius 1 is 1.21 bits per heavy atom. The zero-order valence-electron chi connectivity index (χ0n) is 14.3. The minimum atomic E-state index is -0.474. The van der Waals surface area contributed by atoms with E-state index in [1.54, 1.807) is 0 Å². The van der Waals surface area contributed by atoms with Crippen LogP contribution in [0.15, 0.2) is 24.3 Å². The smallest absolute Gasteiger partial charge is 0.292 e. The van der Waals surface area contributed by atoms with Gasteiger partial charge in [0.1, 0.15) is 0 Å². The van der Waals surface area contributed by atoms with Gasteiger partial charge in [0.05, 0.1) is 5.56 Å². The van der Waals surface area contributed by atoms with Gasteiger partial charge in [-0.3, -0.25) is 9.59 Å². The Labute approximate surface area is 142 Å². The lowest BCUT2D eigenvalue weighted by atomic mass is 9.84. The fourth-order valence-electron chi connectivity index (χ4n) is 4.97. The summed E-state index contributed by atoms with van der Waals surface area (Å²) in [5, 5.41) is 3.81. The topological polar surface area (TPSA) is 62.0 Å². The van der Waals surface area contributed by atoms with Crippen LogP contribution in [0.4, 0.5) is 0 Å². The molecule has 2 aliphatic rings. The van der Waals surface area contributed by atoms with Gasteiger partial charge in [0.15, 0.2) is 0 Å². The number of hydrogen-bond donors (Lipinski definition) is 2. The van der Waals surface area contributed by atoms with E-state index in [0.29, 0.717) is 11.5 Å². The second-order valence-electron chi connectivity index (χ2n) is 7.60. The summed E-state index contributed by atoms with van der Waals surface area (Å²) in [6.07, 6.45) is 5.13. The Morgan fingerprint density at radius 2 is 2.00 bits per heavy atom. The van der Waals surface area contributed by atoms with E-state index in [-0.39, 0.29) is 6.04 Å². The molecule has 2 bridgehead atoms. The monoisotopic (exact) mass is 324 g/mol. The van der Waals surface area contributed by atoms with Crippen LogP contribution < -0.4 is 5.32 Å². The van der Waals surface area contributed by atoms with Crippen LogP contribution in [0.3, 0.4) is 0 Å². The Bertz CT molecular complexity index is 807. The van der Waals surface area contributed by atoms with E-state index >= 15 is 0 Å². The molecule has 0 aliphatic heterocycles. The third-order valence-corrected chi connectivity index (χ3v) is 6.12. The summed E-state index contributed by atoms with van der Waals surface area (Å²) in [5.74, 6) is 1.20. The first-order valence-corrected chi connectivity index (χ1v) is 8.97. The van der Waals surface area contributed by atoms with Crippen molar-refractivity contribution in [3.63, 3.8) is 0 Å². The van der Waals surface area contributed by atoms with Crippen LogP contribution in [0.2, 0.25) is 0 Å². The molecule has 0 saturated heterocycles. The number of aryl methyl sites for hydroxylation is 1. The summed E-state index contributed by atoms with van der Waals surface area (Å²) < 4.78 is 0. The molecule has 2 aromatic rings. The number of carbonyl (C=O) groups excluding carboxylic acids is 2. The number of nitrogens with one attached hydrogen (secondary N) is 2. The Morgan fingerprint density at radius 3 is 2.71 bits per heavy atom. The van der Waals surface area contributed by atoms with Gasteiger partial charge in [-0.05, 0) is 56.9 Å². The van der Waals surface area contributed by atoms with Crippen molar-refractivity contribution in [3.05, 3.63) is 35.5 Å². The van der Waals surface area contributed by atoms with Crippen molar-refractivity contribution in [3.8, 4) is 0 Å². The van der Waals surface area contributed by atoms with Gasteiger partial charge < -0.3 is 10.3 Å². The maximum atomic E-state index is 12.7. The largest absolute Gasteiger partial charge is 0.358 e. The van der Waals surface area contributed by atoms with Crippen molar-refractivity contribution in [2.24, 2.45) is 17.8 Å². The molecule has 4 atom stereocenters. The number of rotatable bonds is 4. The van der Waals surface area contributed by atoms with Crippen molar-refractivity contribution < 1.29 is 9.59 Å². The van der Waals surface area contributed by atoms with Crippen LogP contribution >= 0.6 is 0 Å². The number of aromatic amines is 1. The van der Waals surface area contributed by atoms with Crippen LogP contribution in [0.5, 0.6) is 0 Å². The van der Waals surface area contributed by atoms with Gasteiger partial charge in [-0.25, -0.2) is 0 Å². The fourth-order valence-corrected chi connectivity index (χ4v) is 4.97. The zero-order chi connectivity index (χ0) is 16.8. The van der Waals surface area contributed by atoms with Gasteiger partial charge in [0.2, 0.25) is 0 Å². The molecule has 1 aromatic carbocycles. The molecule has 24 heavy (non-hydrogen) atoms. The van der Waals surface area contributed by atoms with Crippen molar-refractivity contribution in [1.29, 1.82) is 0 Å². The number of para-hydroxylation sites is 1. The minimum absolute atomic E-state index is 0.0715. The highest BCUT2D eigenvalue weighted by Crippen LogP contribution is 2.49. The summed E-state index contributed by atoms with van der Waals surface area (Å²) in [5.41, 5.74) is 2.15. The molecule has 4 nitrogen and oxygen atoms in total. The maximum absolute atomic E-state index is 12.7. The highest BCUT2D eigenvalue weighted by atomic mass is 16.2. The predicted molar refractivity (Wildman–Crippen MR) is 93.9 cm³/mol. The van der Waals surface area contributed by atoms with E-state index in [9.17, 15) is 9.59 Å². The van der Waals surface area contributed by atoms with Gasteiger partial charge in [-0.2, -0.15) is 0 Å². The van der Waals surface area contributed by atoms with E-state index in [2.05, 4.69) is 17.2 Å². The summed E-state index contributed by atoms with van der Waals surface area (Å²) in [6, 6.07) is 7.70. The van der Waals surface area contributed by atoms with Gasteiger partial charge in [-0.1, -0.05) is 24.6 Å². The van der Waals surface area contributed by atoms with Crippen LogP contribution in [-0.2, 0) is 4.79 Å².